The molecule has 1 aromatic heterocycles. The lowest BCUT2D eigenvalue weighted by Gasteiger charge is -2.15. The molecule has 0 atom stereocenters. The van der Waals surface area contributed by atoms with Crippen molar-refractivity contribution in [3.05, 3.63) is 78.1 Å². The summed E-state index contributed by atoms with van der Waals surface area (Å²) in [4.78, 5) is 8.07. The lowest BCUT2D eigenvalue weighted by molar-refractivity contribution is 0.324. The van der Waals surface area contributed by atoms with Crippen LogP contribution in [0.25, 0.3) is 11.0 Å². The smallest absolute Gasteiger partial charge is 0.203 e. The van der Waals surface area contributed by atoms with Crippen LogP contribution in [0.5, 0.6) is 17.2 Å². The number of nitrogens with zero attached hydrogens (tertiary/aromatic N) is 2. The van der Waals surface area contributed by atoms with Crippen LogP contribution in [0.1, 0.15) is 11.4 Å². The first kappa shape index (κ1) is 20.3. The third kappa shape index (κ3) is 4.45. The molecule has 3 aromatic carbocycles. The zero-order chi connectivity index (χ0) is 21.6. The molecule has 0 aliphatic heterocycles. The molecule has 0 spiro atoms. The molecular weight excluding hydrogens is 392 g/mol. The highest BCUT2D eigenvalue weighted by molar-refractivity contribution is 6.03. The SMILES string of the molecule is COc1cc(/C(Cc2nc3ccccc3[nH]2)=N/Nc2ccccc2)cc(OC)c1OC. The second-order valence-corrected chi connectivity index (χ2v) is 6.83. The van der Waals surface area contributed by atoms with Gasteiger partial charge < -0.3 is 19.2 Å². The van der Waals surface area contributed by atoms with E-state index in [9.17, 15) is 0 Å². The van der Waals surface area contributed by atoms with Crippen LogP contribution in [0, 0.1) is 0 Å². The van der Waals surface area contributed by atoms with Crippen molar-refractivity contribution in [2.75, 3.05) is 26.8 Å². The number of H-pyrrole nitrogens is 1. The van der Waals surface area contributed by atoms with Gasteiger partial charge in [0.15, 0.2) is 11.5 Å². The number of nitrogens with one attached hydrogen (secondary N) is 2. The zero-order valence-corrected chi connectivity index (χ0v) is 17.7. The Morgan fingerprint density at radius 3 is 2.23 bits per heavy atom. The summed E-state index contributed by atoms with van der Waals surface area (Å²) in [7, 11) is 4.78. The summed E-state index contributed by atoms with van der Waals surface area (Å²) in [5.74, 6) is 2.47. The first-order chi connectivity index (χ1) is 15.2. The van der Waals surface area contributed by atoms with Crippen molar-refractivity contribution in [1.82, 2.24) is 9.97 Å². The predicted octanol–water partition coefficient (Wildman–Crippen LogP) is 4.65. The highest BCUT2D eigenvalue weighted by Crippen LogP contribution is 2.38. The summed E-state index contributed by atoms with van der Waals surface area (Å²) in [6, 6.07) is 21.5. The third-order valence-electron chi connectivity index (χ3n) is 4.87. The zero-order valence-electron chi connectivity index (χ0n) is 17.7. The number of aromatic amines is 1. The molecule has 4 aromatic rings. The number of hydrogen-bond donors (Lipinski definition) is 2. The molecule has 0 radical (unpaired) electrons. The molecule has 0 amide bonds. The van der Waals surface area contributed by atoms with E-state index in [0.717, 1.165) is 33.8 Å². The van der Waals surface area contributed by atoms with Crippen LogP contribution < -0.4 is 19.6 Å². The van der Waals surface area contributed by atoms with Crippen molar-refractivity contribution in [3.63, 3.8) is 0 Å². The summed E-state index contributed by atoms with van der Waals surface area (Å²) in [5, 5.41) is 4.69. The number of hydrazone groups is 1. The molecule has 0 saturated heterocycles. The van der Waals surface area contributed by atoms with Crippen LogP contribution in [-0.4, -0.2) is 37.0 Å². The number of benzene rings is 3. The number of aromatic nitrogens is 2. The van der Waals surface area contributed by atoms with E-state index in [1.54, 1.807) is 21.3 Å². The summed E-state index contributed by atoms with van der Waals surface area (Å²) in [6.07, 6.45) is 0.479. The van der Waals surface area contributed by atoms with Gasteiger partial charge in [-0.2, -0.15) is 5.10 Å². The van der Waals surface area contributed by atoms with Gasteiger partial charge in [-0.3, -0.25) is 5.43 Å². The maximum Gasteiger partial charge on any atom is 0.203 e. The number of rotatable bonds is 8. The van der Waals surface area contributed by atoms with Gasteiger partial charge in [0.05, 0.1) is 50.2 Å². The van der Waals surface area contributed by atoms with Gasteiger partial charge in [0.1, 0.15) is 5.82 Å². The standard InChI is InChI=1S/C24H24N4O3/c1-29-21-13-16(14-22(30-2)24(21)31-3)20(28-27-17-9-5-4-6-10-17)15-23-25-18-11-7-8-12-19(18)26-23/h4-14,27H,15H2,1-3H3,(H,25,26)/b28-20+. The molecule has 0 saturated carbocycles. The predicted molar refractivity (Wildman–Crippen MR) is 122 cm³/mol. The minimum Gasteiger partial charge on any atom is -0.493 e. The van der Waals surface area contributed by atoms with Gasteiger partial charge in [-0.05, 0) is 36.4 Å². The quantitative estimate of drug-likeness (QED) is 0.323. The fourth-order valence-electron chi connectivity index (χ4n) is 3.35. The Morgan fingerprint density at radius 1 is 0.903 bits per heavy atom. The molecule has 0 bridgehead atoms. The van der Waals surface area contributed by atoms with E-state index in [1.807, 2.05) is 66.7 Å². The van der Waals surface area contributed by atoms with E-state index in [1.165, 1.54) is 0 Å². The van der Waals surface area contributed by atoms with Crippen LogP contribution in [0.4, 0.5) is 5.69 Å². The summed E-state index contributed by atoms with van der Waals surface area (Å²) in [5.41, 5.74) is 7.52. The Morgan fingerprint density at radius 2 is 1.58 bits per heavy atom. The average Bonchev–Trinajstić information content (AvgIpc) is 3.24. The first-order valence-corrected chi connectivity index (χ1v) is 9.83. The number of hydrogen-bond acceptors (Lipinski definition) is 6. The molecule has 158 valence electrons. The average molecular weight is 416 g/mol. The molecule has 0 aliphatic rings. The number of para-hydroxylation sites is 3. The van der Waals surface area contributed by atoms with E-state index in [-0.39, 0.29) is 0 Å². The maximum absolute atomic E-state index is 5.53. The Balaban J connectivity index is 1.76. The molecule has 7 heteroatoms. The van der Waals surface area contributed by atoms with Gasteiger partial charge in [-0.15, -0.1) is 0 Å². The van der Waals surface area contributed by atoms with E-state index in [4.69, 9.17) is 24.3 Å². The second-order valence-electron chi connectivity index (χ2n) is 6.83. The van der Waals surface area contributed by atoms with Gasteiger partial charge in [0.25, 0.3) is 0 Å². The largest absolute Gasteiger partial charge is 0.493 e. The van der Waals surface area contributed by atoms with Gasteiger partial charge >= 0.3 is 0 Å². The number of imidazole rings is 1. The normalized spacial score (nSPS) is 11.4. The van der Waals surface area contributed by atoms with E-state index >= 15 is 0 Å². The summed E-state index contributed by atoms with van der Waals surface area (Å²) < 4.78 is 16.5. The third-order valence-corrected chi connectivity index (χ3v) is 4.87. The number of fused-ring (bicyclic) bond motifs is 1. The summed E-state index contributed by atoms with van der Waals surface area (Å²) >= 11 is 0. The number of methoxy groups -OCH3 is 3. The van der Waals surface area contributed by atoms with Crippen molar-refractivity contribution in [3.8, 4) is 17.2 Å². The van der Waals surface area contributed by atoms with Crippen molar-refractivity contribution in [1.29, 1.82) is 0 Å². The molecule has 0 fully saturated rings. The molecule has 4 rings (SSSR count). The Labute approximate surface area is 180 Å². The van der Waals surface area contributed by atoms with Gasteiger partial charge in [0.2, 0.25) is 5.75 Å². The maximum atomic E-state index is 5.53. The van der Waals surface area contributed by atoms with Crippen LogP contribution in [0.15, 0.2) is 71.8 Å². The Hall–Kier alpha value is -4.00. The molecule has 1 heterocycles. The number of ether oxygens (including phenoxy) is 3. The van der Waals surface area contributed by atoms with E-state index < -0.39 is 0 Å². The monoisotopic (exact) mass is 416 g/mol. The van der Waals surface area contributed by atoms with E-state index in [0.29, 0.717) is 23.7 Å². The molecule has 0 unspecified atom stereocenters. The van der Waals surface area contributed by atoms with Gasteiger partial charge in [-0.25, -0.2) is 4.98 Å². The molecular formula is C24H24N4O3. The Bertz CT molecular complexity index is 1140. The topological polar surface area (TPSA) is 80.8 Å². The van der Waals surface area contributed by atoms with Crippen LogP contribution in [0.3, 0.4) is 0 Å². The lowest BCUT2D eigenvalue weighted by atomic mass is 10.1. The van der Waals surface area contributed by atoms with Crippen molar-refractivity contribution < 1.29 is 14.2 Å². The highest BCUT2D eigenvalue weighted by Gasteiger charge is 2.17. The minimum absolute atomic E-state index is 0.479. The fraction of sp³-hybridized carbons (Fsp3) is 0.167. The van der Waals surface area contributed by atoms with Crippen LogP contribution in [0.2, 0.25) is 0 Å². The first-order valence-electron chi connectivity index (χ1n) is 9.83. The Kier molecular flexibility index (Phi) is 6.03. The highest BCUT2D eigenvalue weighted by atomic mass is 16.5. The van der Waals surface area contributed by atoms with Crippen molar-refractivity contribution in [2.45, 2.75) is 6.42 Å². The van der Waals surface area contributed by atoms with Gasteiger partial charge in [-0.1, -0.05) is 30.3 Å². The molecule has 31 heavy (non-hydrogen) atoms. The molecule has 7 nitrogen and oxygen atoms in total. The summed E-state index contributed by atoms with van der Waals surface area (Å²) in [6.45, 7) is 0. The van der Waals surface area contributed by atoms with Gasteiger partial charge in [0, 0.05) is 5.56 Å². The van der Waals surface area contributed by atoms with E-state index in [2.05, 4.69) is 10.4 Å². The second kappa shape index (κ2) is 9.21. The minimum atomic E-state index is 0.479. The van der Waals surface area contributed by atoms with Crippen LogP contribution in [-0.2, 0) is 6.42 Å². The molecule has 2 N–H and O–H groups in total. The van der Waals surface area contributed by atoms with Crippen molar-refractivity contribution >= 4 is 22.4 Å². The lowest BCUT2D eigenvalue weighted by Crippen LogP contribution is -2.11. The van der Waals surface area contributed by atoms with Crippen molar-refractivity contribution in [2.24, 2.45) is 5.10 Å². The fourth-order valence-corrected chi connectivity index (χ4v) is 3.35. The molecule has 0 aliphatic carbocycles. The van der Waals surface area contributed by atoms with Crippen LogP contribution >= 0.6 is 0 Å². The number of anilines is 1.